The van der Waals surface area contributed by atoms with Crippen LogP contribution in [-0.4, -0.2) is 41.6 Å². The molecular weight excluding hydrogens is 376 g/mol. The molecule has 2 aromatic rings. The zero-order chi connectivity index (χ0) is 20.9. The fourth-order valence-corrected chi connectivity index (χ4v) is 4.69. The number of carbonyl (C=O) groups is 1. The zero-order valence-corrected chi connectivity index (χ0v) is 18.3. The molecule has 4 rings (SSSR count). The number of carbonyl (C=O) groups excluding carboxylic acids is 1. The van der Waals surface area contributed by atoms with E-state index in [1.165, 1.54) is 19.3 Å². The molecule has 1 aromatic carbocycles. The van der Waals surface area contributed by atoms with Gasteiger partial charge in [0.1, 0.15) is 0 Å². The predicted octanol–water partition coefficient (Wildman–Crippen LogP) is 4.33. The lowest BCUT2D eigenvalue weighted by molar-refractivity contribution is -0.126. The summed E-state index contributed by atoms with van der Waals surface area (Å²) in [5, 5.41) is 3.36. The van der Waals surface area contributed by atoms with Crippen LogP contribution in [0.25, 0.3) is 11.0 Å². The average molecular weight is 411 g/mol. The highest BCUT2D eigenvalue weighted by Gasteiger charge is 2.31. The summed E-state index contributed by atoms with van der Waals surface area (Å²) in [4.78, 5) is 24.9. The Morgan fingerprint density at radius 1 is 1.13 bits per heavy atom. The van der Waals surface area contributed by atoms with Crippen molar-refractivity contribution in [1.82, 2.24) is 15.3 Å². The van der Waals surface area contributed by atoms with E-state index in [0.29, 0.717) is 31.0 Å². The van der Waals surface area contributed by atoms with E-state index in [-0.39, 0.29) is 11.8 Å². The second-order valence-corrected chi connectivity index (χ2v) is 8.85. The molecule has 2 aliphatic rings. The molecule has 1 saturated heterocycles. The molecule has 6 nitrogen and oxygen atoms in total. The first-order valence-corrected chi connectivity index (χ1v) is 11.6. The largest absolute Gasteiger partial charge is 0.475 e. The molecule has 1 aromatic heterocycles. The Balaban J connectivity index is 1.52. The number of piperidine rings is 1. The Morgan fingerprint density at radius 2 is 1.90 bits per heavy atom. The summed E-state index contributed by atoms with van der Waals surface area (Å²) in [6.45, 7) is 6.50. The van der Waals surface area contributed by atoms with Gasteiger partial charge in [-0.05, 0) is 50.2 Å². The first-order valence-electron chi connectivity index (χ1n) is 11.6. The molecule has 0 spiro atoms. The maximum absolute atomic E-state index is 13.1. The van der Waals surface area contributed by atoms with Crippen LogP contribution in [0.3, 0.4) is 0 Å². The molecule has 2 fully saturated rings. The number of hydrogen-bond acceptors (Lipinski definition) is 5. The molecule has 162 valence electrons. The Labute approximate surface area is 179 Å². The smallest absolute Gasteiger partial charge is 0.258 e. The van der Waals surface area contributed by atoms with Crippen molar-refractivity contribution in [2.24, 2.45) is 11.8 Å². The second-order valence-electron chi connectivity index (χ2n) is 8.85. The molecule has 0 radical (unpaired) electrons. The van der Waals surface area contributed by atoms with Crippen LogP contribution in [-0.2, 0) is 4.79 Å². The van der Waals surface area contributed by atoms with E-state index in [4.69, 9.17) is 14.7 Å². The first-order chi connectivity index (χ1) is 14.7. The molecule has 30 heavy (non-hydrogen) atoms. The van der Waals surface area contributed by atoms with Crippen LogP contribution in [0.2, 0.25) is 0 Å². The van der Waals surface area contributed by atoms with E-state index in [2.05, 4.69) is 24.1 Å². The van der Waals surface area contributed by atoms with Crippen molar-refractivity contribution in [2.45, 2.75) is 64.8 Å². The normalized spacial score (nSPS) is 24.6. The number of aromatic nitrogens is 2. The quantitative estimate of drug-likeness (QED) is 0.768. The van der Waals surface area contributed by atoms with Gasteiger partial charge in [0.2, 0.25) is 5.91 Å². The van der Waals surface area contributed by atoms with Crippen molar-refractivity contribution in [3.63, 3.8) is 0 Å². The number of nitrogens with one attached hydrogen (secondary N) is 1. The third-order valence-corrected chi connectivity index (χ3v) is 6.50. The number of anilines is 1. The lowest BCUT2D eigenvalue weighted by Crippen LogP contribution is -2.48. The summed E-state index contributed by atoms with van der Waals surface area (Å²) >= 11 is 0. The molecule has 3 atom stereocenters. The van der Waals surface area contributed by atoms with E-state index in [9.17, 15) is 4.79 Å². The van der Waals surface area contributed by atoms with Crippen LogP contribution in [0.4, 0.5) is 5.82 Å². The molecule has 6 heteroatoms. The highest BCUT2D eigenvalue weighted by atomic mass is 16.5. The molecule has 1 amide bonds. The van der Waals surface area contributed by atoms with E-state index < -0.39 is 0 Å². The van der Waals surface area contributed by atoms with Crippen molar-refractivity contribution in [3.8, 4) is 5.88 Å². The van der Waals surface area contributed by atoms with Crippen molar-refractivity contribution in [2.75, 3.05) is 24.6 Å². The number of hydrogen-bond donors (Lipinski definition) is 1. The lowest BCUT2D eigenvalue weighted by atomic mass is 9.85. The Morgan fingerprint density at radius 3 is 2.67 bits per heavy atom. The summed E-state index contributed by atoms with van der Waals surface area (Å²) in [6, 6.07) is 8.21. The molecule has 1 aliphatic carbocycles. The van der Waals surface area contributed by atoms with Gasteiger partial charge in [0.15, 0.2) is 5.82 Å². The average Bonchev–Trinajstić information content (AvgIpc) is 2.78. The van der Waals surface area contributed by atoms with E-state index >= 15 is 0 Å². The van der Waals surface area contributed by atoms with Gasteiger partial charge in [-0.3, -0.25) is 4.79 Å². The summed E-state index contributed by atoms with van der Waals surface area (Å²) in [7, 11) is 0. The van der Waals surface area contributed by atoms with Crippen LogP contribution in [0.15, 0.2) is 24.3 Å². The minimum absolute atomic E-state index is 0.0137. The lowest BCUT2D eigenvalue weighted by Gasteiger charge is -2.35. The van der Waals surface area contributed by atoms with Crippen LogP contribution in [0.5, 0.6) is 5.88 Å². The standard InChI is InChI=1S/C24H34N4O2/c1-3-15-30-24-22(25-20-12-6-7-13-21(20)27-24)28-14-8-10-18(16-28)23(29)26-19-11-5-4-9-17(19)2/h6-7,12-13,17-19H,3-5,8-11,14-16H2,1-2H3,(H,26,29)/t17-,18-,19+/m0/s1. The minimum Gasteiger partial charge on any atom is -0.475 e. The molecule has 0 unspecified atom stereocenters. The second kappa shape index (κ2) is 9.63. The van der Waals surface area contributed by atoms with Gasteiger partial charge in [-0.25, -0.2) is 9.97 Å². The number of amides is 1. The number of benzene rings is 1. The van der Waals surface area contributed by atoms with Crippen molar-refractivity contribution in [1.29, 1.82) is 0 Å². The van der Waals surface area contributed by atoms with Crippen molar-refractivity contribution in [3.05, 3.63) is 24.3 Å². The summed E-state index contributed by atoms with van der Waals surface area (Å²) in [5.74, 6) is 2.11. The molecular formula is C24H34N4O2. The molecule has 2 heterocycles. The minimum atomic E-state index is -0.0137. The SMILES string of the molecule is CCCOc1nc2ccccc2nc1N1CCC[C@H](C(=O)N[C@@H]2CCCC[C@@H]2C)C1. The van der Waals surface area contributed by atoms with Crippen LogP contribution in [0, 0.1) is 11.8 Å². The van der Waals surface area contributed by atoms with Gasteiger partial charge in [-0.15, -0.1) is 0 Å². The third kappa shape index (κ3) is 4.68. The predicted molar refractivity (Wildman–Crippen MR) is 120 cm³/mol. The first kappa shape index (κ1) is 20.9. The summed E-state index contributed by atoms with van der Waals surface area (Å²) in [6.07, 6.45) is 7.64. The van der Waals surface area contributed by atoms with Crippen LogP contribution in [0.1, 0.15) is 58.8 Å². The number of nitrogens with zero attached hydrogens (tertiary/aromatic N) is 3. The van der Waals surface area contributed by atoms with Gasteiger partial charge in [0.25, 0.3) is 5.88 Å². The van der Waals surface area contributed by atoms with Gasteiger partial charge in [0, 0.05) is 19.1 Å². The monoisotopic (exact) mass is 410 g/mol. The van der Waals surface area contributed by atoms with Gasteiger partial charge in [-0.2, -0.15) is 0 Å². The molecule has 1 N–H and O–H groups in total. The summed E-state index contributed by atoms with van der Waals surface area (Å²) in [5.41, 5.74) is 1.70. The van der Waals surface area contributed by atoms with Crippen LogP contribution < -0.4 is 15.0 Å². The van der Waals surface area contributed by atoms with E-state index in [1.807, 2.05) is 24.3 Å². The van der Waals surface area contributed by atoms with E-state index in [0.717, 1.165) is 49.1 Å². The van der Waals surface area contributed by atoms with E-state index in [1.54, 1.807) is 0 Å². The molecule has 1 saturated carbocycles. The number of para-hydroxylation sites is 2. The van der Waals surface area contributed by atoms with Gasteiger partial charge in [-0.1, -0.05) is 38.8 Å². The Kier molecular flexibility index (Phi) is 6.70. The number of rotatable bonds is 6. The fraction of sp³-hybridized carbons (Fsp3) is 0.625. The van der Waals surface area contributed by atoms with Gasteiger partial charge >= 0.3 is 0 Å². The molecule has 0 bridgehead atoms. The zero-order valence-electron chi connectivity index (χ0n) is 18.3. The number of fused-ring (bicyclic) bond motifs is 1. The van der Waals surface area contributed by atoms with Gasteiger partial charge in [0.05, 0.1) is 23.6 Å². The van der Waals surface area contributed by atoms with Crippen LogP contribution >= 0.6 is 0 Å². The Bertz CT molecular complexity index is 871. The van der Waals surface area contributed by atoms with Gasteiger partial charge < -0.3 is 15.0 Å². The highest BCUT2D eigenvalue weighted by Crippen LogP contribution is 2.31. The maximum Gasteiger partial charge on any atom is 0.258 e. The topological polar surface area (TPSA) is 67.4 Å². The molecule has 1 aliphatic heterocycles. The maximum atomic E-state index is 13.1. The third-order valence-electron chi connectivity index (χ3n) is 6.50. The fourth-order valence-electron chi connectivity index (χ4n) is 4.69. The number of ether oxygens (including phenoxy) is 1. The van der Waals surface area contributed by atoms with Crippen molar-refractivity contribution < 1.29 is 9.53 Å². The van der Waals surface area contributed by atoms with Crippen molar-refractivity contribution >= 4 is 22.8 Å². The summed E-state index contributed by atoms with van der Waals surface area (Å²) < 4.78 is 5.96. The Hall–Kier alpha value is -2.37. The highest BCUT2D eigenvalue weighted by molar-refractivity contribution is 5.81.